The normalized spacial score (nSPS) is 9.77. The largest absolute Gasteiger partial charge is 1.00 e. The second-order valence-electron chi connectivity index (χ2n) is 4.60. The maximum Gasteiger partial charge on any atom is 1.00 e. The Bertz CT molecular complexity index is 462. The summed E-state index contributed by atoms with van der Waals surface area (Å²) in [7, 11) is 0. The molecule has 0 saturated heterocycles. The van der Waals surface area contributed by atoms with Crippen molar-refractivity contribution in [2.45, 2.75) is 40.0 Å². The number of carboxylic acid groups (broad SMARTS) is 1. The molecule has 121 valence electrons. The molecular formula is C16H23O5Zr. The molecule has 0 heterocycles. The van der Waals surface area contributed by atoms with Gasteiger partial charge in [0, 0.05) is 5.56 Å². The molecule has 1 radical (unpaired) electrons. The molecule has 1 aromatic carbocycles. The van der Waals surface area contributed by atoms with Crippen LogP contribution in [-0.2, 0) is 26.2 Å². The molecule has 0 amide bonds. The molecule has 0 bridgehead atoms. The average molecular weight is 387 g/mol. The van der Waals surface area contributed by atoms with Crippen molar-refractivity contribution in [1.82, 2.24) is 0 Å². The number of carboxylic acids is 1. The molecule has 0 aliphatic rings. The van der Waals surface area contributed by atoms with Gasteiger partial charge in [-0.25, -0.2) is 0 Å². The fourth-order valence-electron chi connectivity index (χ4n) is 1.72. The summed E-state index contributed by atoms with van der Waals surface area (Å²) < 4.78 is 16.9. The number of benzene rings is 1. The van der Waals surface area contributed by atoms with Crippen molar-refractivity contribution in [3.63, 3.8) is 0 Å². The van der Waals surface area contributed by atoms with Crippen LogP contribution in [0.5, 0.6) is 17.2 Å². The summed E-state index contributed by atoms with van der Waals surface area (Å²) in [5.74, 6) is -0.245. The van der Waals surface area contributed by atoms with Gasteiger partial charge in [0.15, 0.2) is 11.5 Å². The first-order valence-electron chi connectivity index (χ1n) is 7.42. The molecule has 0 aliphatic carbocycles. The number of carbonyl (C=O) groups excluding carboxylic acids is 1. The van der Waals surface area contributed by atoms with Crippen molar-refractivity contribution in [3.8, 4) is 17.2 Å². The molecule has 0 atom stereocenters. The molecule has 0 N–H and O–H groups in total. The zero-order valence-corrected chi connectivity index (χ0v) is 15.9. The zero-order chi connectivity index (χ0) is 15.7. The Hall–Kier alpha value is -1.03. The van der Waals surface area contributed by atoms with Crippen LogP contribution in [0.4, 0.5) is 0 Å². The number of ether oxygens (including phenoxy) is 3. The van der Waals surface area contributed by atoms with Gasteiger partial charge in [-0.2, -0.15) is 0 Å². The Morgan fingerprint density at radius 2 is 1.41 bits per heavy atom. The van der Waals surface area contributed by atoms with E-state index in [0.717, 1.165) is 19.3 Å². The third kappa shape index (κ3) is 6.00. The van der Waals surface area contributed by atoms with E-state index in [2.05, 4.69) is 0 Å². The van der Waals surface area contributed by atoms with E-state index in [-0.39, 0.29) is 37.5 Å². The fourth-order valence-corrected chi connectivity index (χ4v) is 1.72. The number of aromatic carboxylic acids is 1. The smallest absolute Gasteiger partial charge is 0.545 e. The number of carbonyl (C=O) groups is 1. The van der Waals surface area contributed by atoms with E-state index >= 15 is 0 Å². The van der Waals surface area contributed by atoms with Crippen LogP contribution in [0.25, 0.3) is 0 Å². The maximum atomic E-state index is 11.2. The van der Waals surface area contributed by atoms with Crippen LogP contribution in [0.1, 0.15) is 50.4 Å². The van der Waals surface area contributed by atoms with Crippen molar-refractivity contribution in [3.05, 3.63) is 17.7 Å². The van der Waals surface area contributed by atoms with Crippen LogP contribution < -0.4 is 19.3 Å². The summed E-state index contributed by atoms with van der Waals surface area (Å²) in [5.41, 5.74) is -0.0154. The molecule has 0 saturated carbocycles. The van der Waals surface area contributed by atoms with E-state index in [1.54, 1.807) is 6.07 Å². The van der Waals surface area contributed by atoms with Crippen LogP contribution in [-0.4, -0.2) is 25.8 Å². The molecule has 0 aliphatic heterocycles. The Morgan fingerprint density at radius 3 is 1.91 bits per heavy atom. The van der Waals surface area contributed by atoms with E-state index in [0.29, 0.717) is 31.3 Å². The summed E-state index contributed by atoms with van der Waals surface area (Å²) in [6.07, 6.45) is 2.41. The monoisotopic (exact) mass is 385 g/mol. The van der Waals surface area contributed by atoms with Crippen molar-refractivity contribution >= 4 is 5.97 Å². The predicted octanol–water partition coefficient (Wildman–Crippen LogP) is 2.41. The minimum atomic E-state index is -1.29. The molecular weight excluding hydrogens is 363 g/mol. The zero-order valence-electron chi connectivity index (χ0n) is 13.4. The summed E-state index contributed by atoms with van der Waals surface area (Å²) in [4.78, 5) is 11.2. The predicted molar refractivity (Wildman–Crippen MR) is 78.1 cm³/mol. The first-order chi connectivity index (χ1) is 10.2. The van der Waals surface area contributed by atoms with Crippen molar-refractivity contribution in [1.29, 1.82) is 0 Å². The van der Waals surface area contributed by atoms with Gasteiger partial charge in [0.25, 0.3) is 0 Å². The minimum absolute atomic E-state index is 0. The van der Waals surface area contributed by atoms with Crippen molar-refractivity contribution in [2.75, 3.05) is 19.8 Å². The summed E-state index contributed by atoms with van der Waals surface area (Å²) in [6, 6.07) is 3.02. The van der Waals surface area contributed by atoms with Gasteiger partial charge in [0.2, 0.25) is 5.75 Å². The molecule has 0 fully saturated rings. The van der Waals surface area contributed by atoms with Gasteiger partial charge in [-0.3, -0.25) is 0 Å². The van der Waals surface area contributed by atoms with Crippen LogP contribution >= 0.6 is 0 Å². The number of hydrogen-bond donors (Lipinski definition) is 0. The van der Waals surface area contributed by atoms with Gasteiger partial charge in [0.05, 0.1) is 25.8 Å². The van der Waals surface area contributed by atoms with Gasteiger partial charge in [0.1, 0.15) is 0 Å². The standard InChI is InChI=1S/C16H24O5.Zr/c1-4-9-19-13-8-7-12(16(17)18)14(20-10-5-2)15(13)21-11-6-3;/h7-8H,4-6,9-11H2,1-3H3,(H,17,18);/q;+1/p-1. The second-order valence-corrected chi connectivity index (χ2v) is 4.60. The number of rotatable bonds is 10. The van der Waals surface area contributed by atoms with E-state index in [1.807, 2.05) is 20.8 Å². The van der Waals surface area contributed by atoms with Gasteiger partial charge in [-0.05, 0) is 31.4 Å². The van der Waals surface area contributed by atoms with Crippen LogP contribution in [0, 0.1) is 0 Å². The van der Waals surface area contributed by atoms with Crippen LogP contribution in [0.3, 0.4) is 0 Å². The second kappa shape index (κ2) is 11.5. The Kier molecular flexibility index (Phi) is 11.0. The van der Waals surface area contributed by atoms with E-state index in [4.69, 9.17) is 14.2 Å². The van der Waals surface area contributed by atoms with Gasteiger partial charge in [-0.15, -0.1) is 0 Å². The topological polar surface area (TPSA) is 67.8 Å². The Morgan fingerprint density at radius 1 is 0.909 bits per heavy atom. The molecule has 0 spiro atoms. The molecule has 1 rings (SSSR count). The molecule has 5 nitrogen and oxygen atoms in total. The first kappa shape index (κ1) is 21.0. The van der Waals surface area contributed by atoms with Crippen LogP contribution in [0.2, 0.25) is 0 Å². The van der Waals surface area contributed by atoms with Gasteiger partial charge < -0.3 is 24.1 Å². The number of hydrogen-bond acceptors (Lipinski definition) is 5. The Balaban J connectivity index is 0.00000441. The van der Waals surface area contributed by atoms with Crippen LogP contribution in [0.15, 0.2) is 12.1 Å². The maximum absolute atomic E-state index is 11.2. The first-order valence-corrected chi connectivity index (χ1v) is 7.42. The van der Waals surface area contributed by atoms with Crippen molar-refractivity contribution < 1.29 is 50.3 Å². The van der Waals surface area contributed by atoms with Gasteiger partial charge in [-0.1, -0.05) is 20.8 Å². The summed E-state index contributed by atoms with van der Waals surface area (Å²) in [6.45, 7) is 7.31. The fraction of sp³-hybridized carbons (Fsp3) is 0.562. The summed E-state index contributed by atoms with van der Waals surface area (Å²) >= 11 is 0. The molecule has 22 heavy (non-hydrogen) atoms. The third-order valence-electron chi connectivity index (χ3n) is 2.66. The van der Waals surface area contributed by atoms with E-state index in [9.17, 15) is 9.90 Å². The van der Waals surface area contributed by atoms with E-state index in [1.165, 1.54) is 6.07 Å². The average Bonchev–Trinajstić information content (AvgIpc) is 2.48. The SMILES string of the molecule is CCCOc1ccc(C(=O)[O-])c(OCCC)c1OCCC.[Zr+]. The molecule has 1 aromatic rings. The molecule has 6 heteroatoms. The third-order valence-corrected chi connectivity index (χ3v) is 2.66. The van der Waals surface area contributed by atoms with Gasteiger partial charge >= 0.3 is 26.2 Å². The van der Waals surface area contributed by atoms with E-state index < -0.39 is 5.97 Å². The Labute approximate surface area is 151 Å². The molecule has 0 aromatic heterocycles. The minimum Gasteiger partial charge on any atom is -0.545 e. The molecule has 0 unspecified atom stereocenters. The quantitative estimate of drug-likeness (QED) is 0.618. The van der Waals surface area contributed by atoms with Crippen molar-refractivity contribution in [2.24, 2.45) is 0 Å². The summed E-state index contributed by atoms with van der Waals surface area (Å²) in [5, 5.41) is 11.2.